The van der Waals surface area contributed by atoms with E-state index in [1.54, 1.807) is 28.7 Å². The number of nitrogens with two attached hydrogens (primary N) is 1. The Kier molecular flexibility index (Phi) is 3.23. The normalized spacial score (nSPS) is 10.9. The van der Waals surface area contributed by atoms with E-state index in [9.17, 15) is 13.2 Å². The summed E-state index contributed by atoms with van der Waals surface area (Å²) in [4.78, 5) is 3.30. The Bertz CT molecular complexity index is 427. The van der Waals surface area contributed by atoms with Gasteiger partial charge in [0.05, 0.1) is 5.69 Å². The summed E-state index contributed by atoms with van der Waals surface area (Å²) in [5.74, 6) is -0.697. The topological polar surface area (TPSA) is 71.9 Å². The third-order valence-corrected chi connectivity index (χ3v) is 2.20. The number of rotatable bonds is 1. The molecule has 0 unspecified atom stereocenters. The number of hydrogen-bond donors (Lipinski definition) is 1. The van der Waals surface area contributed by atoms with Crippen LogP contribution < -0.4 is 10.5 Å². The maximum absolute atomic E-state index is 11.8. The first-order chi connectivity index (χ1) is 6.83. The van der Waals surface area contributed by atoms with E-state index in [4.69, 9.17) is 11.0 Å². The van der Waals surface area contributed by atoms with Gasteiger partial charge in [-0.1, -0.05) is 0 Å². The van der Waals surface area contributed by atoms with Crippen LogP contribution in [0.2, 0.25) is 0 Å². The molecule has 1 rings (SSSR count). The van der Waals surface area contributed by atoms with Gasteiger partial charge in [-0.05, 0) is 22.6 Å². The van der Waals surface area contributed by atoms with Gasteiger partial charge in [-0.2, -0.15) is 5.26 Å². The largest absolute Gasteiger partial charge is 0.574 e. The molecule has 80 valence electrons. The van der Waals surface area contributed by atoms with Gasteiger partial charge >= 0.3 is 6.36 Å². The highest BCUT2D eigenvalue weighted by molar-refractivity contribution is 14.1. The number of halogens is 4. The molecule has 0 radical (unpaired) electrons. The predicted octanol–water partition coefficient (Wildman–Crippen LogP) is 2.04. The van der Waals surface area contributed by atoms with Crippen LogP contribution in [0.1, 0.15) is 5.69 Å². The third-order valence-electron chi connectivity index (χ3n) is 1.31. The zero-order valence-electron chi connectivity index (χ0n) is 6.97. The van der Waals surface area contributed by atoms with Crippen molar-refractivity contribution in [2.75, 3.05) is 5.73 Å². The van der Waals surface area contributed by atoms with Crippen molar-refractivity contribution in [3.8, 4) is 11.9 Å². The number of pyridine rings is 1. The van der Waals surface area contributed by atoms with E-state index >= 15 is 0 Å². The Hall–Kier alpha value is -1.24. The molecule has 0 bridgehead atoms. The Labute approximate surface area is 96.0 Å². The maximum atomic E-state index is 11.8. The van der Waals surface area contributed by atoms with E-state index < -0.39 is 12.2 Å². The lowest BCUT2D eigenvalue weighted by molar-refractivity contribution is -0.276. The summed E-state index contributed by atoms with van der Waals surface area (Å²) in [5.41, 5.74) is 5.14. The average molecular weight is 329 g/mol. The van der Waals surface area contributed by atoms with Gasteiger partial charge in [-0.3, -0.25) is 0 Å². The molecule has 0 aliphatic carbocycles. The molecule has 15 heavy (non-hydrogen) atoms. The second-order valence-electron chi connectivity index (χ2n) is 2.36. The average Bonchev–Trinajstić information content (AvgIpc) is 2.08. The Morgan fingerprint density at radius 3 is 2.60 bits per heavy atom. The lowest BCUT2D eigenvalue weighted by Crippen LogP contribution is -2.18. The van der Waals surface area contributed by atoms with Crippen LogP contribution in [-0.2, 0) is 0 Å². The van der Waals surface area contributed by atoms with Gasteiger partial charge in [0.15, 0.2) is 5.69 Å². The molecule has 1 aromatic heterocycles. The molecule has 0 atom stereocenters. The number of nitrogens with zero attached hydrogens (tertiary/aromatic N) is 2. The Morgan fingerprint density at radius 1 is 1.53 bits per heavy atom. The highest BCUT2D eigenvalue weighted by Gasteiger charge is 2.32. The first-order valence-corrected chi connectivity index (χ1v) is 4.53. The molecule has 0 fully saturated rings. The van der Waals surface area contributed by atoms with Crippen molar-refractivity contribution in [2.24, 2.45) is 0 Å². The van der Waals surface area contributed by atoms with Crippen LogP contribution in [0.3, 0.4) is 0 Å². The number of anilines is 1. The smallest absolute Gasteiger partial charge is 0.396 e. The van der Waals surface area contributed by atoms with Gasteiger partial charge in [0, 0.05) is 9.64 Å². The quantitative estimate of drug-likeness (QED) is 0.801. The number of nitrogen functional groups attached to an aromatic ring is 1. The summed E-state index contributed by atoms with van der Waals surface area (Å²) in [5, 5.41) is 8.53. The molecule has 8 heteroatoms. The number of hydrogen-bond acceptors (Lipinski definition) is 4. The fourth-order valence-corrected chi connectivity index (χ4v) is 1.28. The molecule has 0 amide bonds. The van der Waals surface area contributed by atoms with Crippen LogP contribution in [0.25, 0.3) is 0 Å². The van der Waals surface area contributed by atoms with Gasteiger partial charge in [0.2, 0.25) is 5.88 Å². The molecule has 2 N–H and O–H groups in total. The number of nitriles is 1. The predicted molar refractivity (Wildman–Crippen MR) is 52.8 cm³/mol. The van der Waals surface area contributed by atoms with E-state index in [2.05, 4.69) is 9.72 Å². The van der Waals surface area contributed by atoms with Crippen LogP contribution in [-0.4, -0.2) is 11.3 Å². The molecule has 4 nitrogen and oxygen atoms in total. The summed E-state index contributed by atoms with van der Waals surface area (Å²) in [6.07, 6.45) is -4.83. The van der Waals surface area contributed by atoms with E-state index in [0.717, 1.165) is 6.07 Å². The number of aromatic nitrogens is 1. The lowest BCUT2D eigenvalue weighted by atomic mass is 10.3. The van der Waals surface area contributed by atoms with Gasteiger partial charge in [-0.15, -0.1) is 13.2 Å². The summed E-state index contributed by atoms with van der Waals surface area (Å²) in [6.45, 7) is 0. The SMILES string of the molecule is N#Cc1nc(OC(F)(F)F)cc(I)c1N. The third kappa shape index (κ3) is 3.12. The fraction of sp³-hybridized carbons (Fsp3) is 0.143. The van der Waals surface area contributed by atoms with Crippen molar-refractivity contribution in [2.45, 2.75) is 6.36 Å². The molecule has 0 aliphatic heterocycles. The fourth-order valence-electron chi connectivity index (χ4n) is 0.758. The molecular formula is C7H3F3IN3O. The summed E-state index contributed by atoms with van der Waals surface area (Å²) >= 11 is 1.69. The molecule has 0 saturated heterocycles. The van der Waals surface area contributed by atoms with Gasteiger partial charge in [0.25, 0.3) is 0 Å². The second kappa shape index (κ2) is 4.09. The highest BCUT2D eigenvalue weighted by atomic mass is 127. The molecule has 0 saturated carbocycles. The van der Waals surface area contributed by atoms with Crippen molar-refractivity contribution in [1.82, 2.24) is 4.98 Å². The first kappa shape index (κ1) is 11.8. The maximum Gasteiger partial charge on any atom is 0.574 e. The molecule has 1 aromatic rings. The van der Waals surface area contributed by atoms with Gasteiger partial charge in [0.1, 0.15) is 6.07 Å². The van der Waals surface area contributed by atoms with Crippen molar-refractivity contribution in [3.63, 3.8) is 0 Å². The first-order valence-electron chi connectivity index (χ1n) is 3.45. The van der Waals surface area contributed by atoms with Crippen LogP contribution in [0.4, 0.5) is 18.9 Å². The minimum absolute atomic E-state index is 0.0348. The van der Waals surface area contributed by atoms with Crippen molar-refractivity contribution in [3.05, 3.63) is 15.3 Å². The summed E-state index contributed by atoms with van der Waals surface area (Å²) < 4.78 is 39.3. The molecule has 0 aromatic carbocycles. The van der Waals surface area contributed by atoms with Crippen molar-refractivity contribution < 1.29 is 17.9 Å². The van der Waals surface area contributed by atoms with Gasteiger partial charge in [-0.25, -0.2) is 4.98 Å². The second-order valence-corrected chi connectivity index (χ2v) is 3.53. The standard InChI is InChI=1S/C7H3F3IN3O/c8-7(9,10)15-5-1-3(11)6(13)4(2-12)14-5/h1H,13H2. The number of alkyl halides is 3. The monoisotopic (exact) mass is 329 g/mol. The van der Waals surface area contributed by atoms with E-state index in [1.807, 2.05) is 0 Å². The van der Waals surface area contributed by atoms with E-state index in [0.29, 0.717) is 0 Å². The van der Waals surface area contributed by atoms with Crippen molar-refractivity contribution >= 4 is 28.3 Å². The summed E-state index contributed by atoms with van der Waals surface area (Å²) in [7, 11) is 0. The Morgan fingerprint density at radius 2 is 2.13 bits per heavy atom. The van der Waals surface area contributed by atoms with Crippen molar-refractivity contribution in [1.29, 1.82) is 5.26 Å². The molecule has 1 heterocycles. The zero-order chi connectivity index (χ0) is 11.6. The van der Waals surface area contributed by atoms with E-state index in [1.165, 1.54) is 0 Å². The molecule has 0 spiro atoms. The Balaban J connectivity index is 3.13. The van der Waals surface area contributed by atoms with Crippen LogP contribution in [0.5, 0.6) is 5.88 Å². The highest BCUT2D eigenvalue weighted by Crippen LogP contribution is 2.26. The minimum atomic E-state index is -4.83. The van der Waals surface area contributed by atoms with Crippen LogP contribution >= 0.6 is 22.6 Å². The molecule has 0 aliphatic rings. The lowest BCUT2D eigenvalue weighted by Gasteiger charge is -2.09. The van der Waals surface area contributed by atoms with Gasteiger partial charge < -0.3 is 10.5 Å². The minimum Gasteiger partial charge on any atom is -0.396 e. The number of ether oxygens (including phenoxy) is 1. The summed E-state index contributed by atoms with van der Waals surface area (Å²) in [6, 6.07) is 2.58. The zero-order valence-corrected chi connectivity index (χ0v) is 9.13. The van der Waals surface area contributed by atoms with Crippen LogP contribution in [0.15, 0.2) is 6.07 Å². The van der Waals surface area contributed by atoms with Crippen LogP contribution in [0, 0.1) is 14.9 Å². The van der Waals surface area contributed by atoms with E-state index in [-0.39, 0.29) is 15.0 Å². The molecular weight excluding hydrogens is 326 g/mol.